The standard InChI is InChI=1S/C11H19N/c1-7(2)10-8-4-5-9(6-8)11(10)12-3/h8-12H,1,4-6H2,2-3H3. The van der Waals surface area contributed by atoms with Crippen LogP contribution >= 0.6 is 0 Å². The molecule has 1 heteroatoms. The highest BCUT2D eigenvalue weighted by molar-refractivity contribution is 5.12. The van der Waals surface area contributed by atoms with Crippen LogP contribution in [0.5, 0.6) is 0 Å². The van der Waals surface area contributed by atoms with Gasteiger partial charge in [0, 0.05) is 6.04 Å². The molecule has 0 heterocycles. The van der Waals surface area contributed by atoms with Gasteiger partial charge in [0.1, 0.15) is 0 Å². The summed E-state index contributed by atoms with van der Waals surface area (Å²) in [5, 5.41) is 3.47. The molecular formula is C11H19N. The van der Waals surface area contributed by atoms with Crippen LogP contribution in [0.15, 0.2) is 12.2 Å². The molecule has 68 valence electrons. The zero-order valence-electron chi connectivity index (χ0n) is 8.14. The van der Waals surface area contributed by atoms with Gasteiger partial charge >= 0.3 is 0 Å². The van der Waals surface area contributed by atoms with Crippen molar-refractivity contribution >= 4 is 0 Å². The van der Waals surface area contributed by atoms with Crippen molar-refractivity contribution < 1.29 is 0 Å². The molecule has 2 saturated carbocycles. The third-order valence-corrected chi connectivity index (χ3v) is 3.82. The maximum atomic E-state index is 4.11. The average Bonchev–Trinajstić information content (AvgIpc) is 2.60. The van der Waals surface area contributed by atoms with Crippen molar-refractivity contribution in [3.05, 3.63) is 12.2 Å². The van der Waals surface area contributed by atoms with Gasteiger partial charge in [0.15, 0.2) is 0 Å². The molecule has 0 aromatic carbocycles. The molecule has 0 aromatic heterocycles. The number of fused-ring (bicyclic) bond motifs is 2. The molecule has 12 heavy (non-hydrogen) atoms. The lowest BCUT2D eigenvalue weighted by atomic mass is 9.80. The lowest BCUT2D eigenvalue weighted by Crippen LogP contribution is -2.38. The Bertz CT molecular complexity index is 197. The Morgan fingerprint density at radius 2 is 2.00 bits per heavy atom. The van der Waals surface area contributed by atoms with Crippen LogP contribution in [0.2, 0.25) is 0 Å². The molecule has 2 bridgehead atoms. The molecule has 2 rings (SSSR count). The van der Waals surface area contributed by atoms with E-state index in [1.165, 1.54) is 24.8 Å². The SMILES string of the molecule is C=C(C)C1C2CCC(C2)C1NC. The molecule has 4 unspecified atom stereocenters. The molecule has 2 aliphatic rings. The molecule has 0 radical (unpaired) electrons. The van der Waals surface area contributed by atoms with E-state index >= 15 is 0 Å². The molecule has 0 aromatic rings. The fourth-order valence-corrected chi connectivity index (χ4v) is 3.42. The molecule has 4 atom stereocenters. The first-order chi connectivity index (χ1) is 5.74. The molecule has 2 fully saturated rings. The molecule has 2 aliphatic carbocycles. The van der Waals surface area contributed by atoms with E-state index in [-0.39, 0.29) is 0 Å². The Labute approximate surface area is 75.2 Å². The van der Waals surface area contributed by atoms with Gasteiger partial charge in [-0.15, -0.1) is 0 Å². The first-order valence-electron chi connectivity index (χ1n) is 5.06. The van der Waals surface area contributed by atoms with Crippen molar-refractivity contribution in [2.45, 2.75) is 32.2 Å². The summed E-state index contributed by atoms with van der Waals surface area (Å²) in [6.07, 6.45) is 4.34. The second-order valence-electron chi connectivity index (χ2n) is 4.52. The van der Waals surface area contributed by atoms with E-state index in [0.29, 0.717) is 0 Å². The Kier molecular flexibility index (Phi) is 1.99. The summed E-state index contributed by atoms with van der Waals surface area (Å²) < 4.78 is 0. The minimum Gasteiger partial charge on any atom is -0.316 e. The number of hydrogen-bond donors (Lipinski definition) is 1. The van der Waals surface area contributed by atoms with Crippen molar-refractivity contribution in [2.24, 2.45) is 17.8 Å². The highest BCUT2D eigenvalue weighted by atomic mass is 14.9. The quantitative estimate of drug-likeness (QED) is 0.618. The maximum Gasteiger partial charge on any atom is 0.0160 e. The molecule has 1 N–H and O–H groups in total. The van der Waals surface area contributed by atoms with Crippen molar-refractivity contribution in [3.8, 4) is 0 Å². The third-order valence-electron chi connectivity index (χ3n) is 3.82. The minimum absolute atomic E-state index is 0.737. The van der Waals surface area contributed by atoms with E-state index in [0.717, 1.165) is 23.8 Å². The number of hydrogen-bond acceptors (Lipinski definition) is 1. The maximum absolute atomic E-state index is 4.11. The summed E-state index contributed by atoms with van der Waals surface area (Å²) >= 11 is 0. The predicted molar refractivity (Wildman–Crippen MR) is 52.0 cm³/mol. The van der Waals surface area contributed by atoms with Gasteiger partial charge in [-0.05, 0) is 51.0 Å². The van der Waals surface area contributed by atoms with E-state index in [9.17, 15) is 0 Å². The van der Waals surface area contributed by atoms with Gasteiger partial charge in [-0.1, -0.05) is 12.2 Å². The summed E-state index contributed by atoms with van der Waals surface area (Å²) in [6.45, 7) is 6.30. The largest absolute Gasteiger partial charge is 0.316 e. The van der Waals surface area contributed by atoms with E-state index < -0.39 is 0 Å². The third kappa shape index (κ3) is 1.03. The van der Waals surface area contributed by atoms with Gasteiger partial charge in [0.2, 0.25) is 0 Å². The van der Waals surface area contributed by atoms with Crippen molar-refractivity contribution in [1.82, 2.24) is 5.32 Å². The van der Waals surface area contributed by atoms with Crippen LogP contribution in [0.3, 0.4) is 0 Å². The monoisotopic (exact) mass is 165 g/mol. The lowest BCUT2D eigenvalue weighted by Gasteiger charge is -2.31. The lowest BCUT2D eigenvalue weighted by molar-refractivity contribution is 0.293. The summed E-state index contributed by atoms with van der Waals surface area (Å²) in [5.74, 6) is 2.67. The topological polar surface area (TPSA) is 12.0 Å². The first-order valence-corrected chi connectivity index (χ1v) is 5.06. The van der Waals surface area contributed by atoms with Crippen LogP contribution in [0.25, 0.3) is 0 Å². The summed E-state index contributed by atoms with van der Waals surface area (Å²) in [6, 6.07) is 0.737. The zero-order chi connectivity index (χ0) is 8.72. The van der Waals surface area contributed by atoms with Gasteiger partial charge in [-0.25, -0.2) is 0 Å². The molecule has 0 aliphatic heterocycles. The normalized spacial score (nSPS) is 45.2. The second kappa shape index (κ2) is 2.88. The fourth-order valence-electron chi connectivity index (χ4n) is 3.42. The van der Waals surface area contributed by atoms with Crippen LogP contribution in [-0.2, 0) is 0 Å². The Morgan fingerprint density at radius 1 is 1.33 bits per heavy atom. The van der Waals surface area contributed by atoms with Crippen LogP contribution in [0, 0.1) is 17.8 Å². The van der Waals surface area contributed by atoms with Gasteiger partial charge in [0.25, 0.3) is 0 Å². The second-order valence-corrected chi connectivity index (χ2v) is 4.52. The Balaban J connectivity index is 2.16. The number of rotatable bonds is 2. The Hall–Kier alpha value is -0.300. The fraction of sp³-hybridized carbons (Fsp3) is 0.818. The molecule has 0 amide bonds. The van der Waals surface area contributed by atoms with Crippen molar-refractivity contribution in [3.63, 3.8) is 0 Å². The highest BCUT2D eigenvalue weighted by Crippen LogP contribution is 2.50. The summed E-state index contributed by atoms with van der Waals surface area (Å²) in [4.78, 5) is 0. The first kappa shape index (κ1) is 8.31. The zero-order valence-corrected chi connectivity index (χ0v) is 8.14. The van der Waals surface area contributed by atoms with Crippen LogP contribution < -0.4 is 5.32 Å². The predicted octanol–water partition coefficient (Wildman–Crippen LogP) is 2.20. The summed E-state index contributed by atoms with van der Waals surface area (Å²) in [5.41, 5.74) is 1.39. The van der Waals surface area contributed by atoms with Crippen molar-refractivity contribution in [2.75, 3.05) is 7.05 Å². The molecule has 0 saturated heterocycles. The smallest absolute Gasteiger partial charge is 0.0160 e. The van der Waals surface area contributed by atoms with E-state index in [4.69, 9.17) is 0 Å². The Morgan fingerprint density at radius 3 is 2.50 bits per heavy atom. The van der Waals surface area contributed by atoms with Crippen molar-refractivity contribution in [1.29, 1.82) is 0 Å². The van der Waals surface area contributed by atoms with E-state index in [2.05, 4.69) is 25.9 Å². The number of nitrogens with one attached hydrogen (secondary N) is 1. The van der Waals surface area contributed by atoms with Crippen LogP contribution in [0.1, 0.15) is 26.2 Å². The summed E-state index contributed by atoms with van der Waals surface area (Å²) in [7, 11) is 2.10. The highest BCUT2D eigenvalue weighted by Gasteiger charge is 2.46. The van der Waals surface area contributed by atoms with E-state index in [1.807, 2.05) is 0 Å². The van der Waals surface area contributed by atoms with Crippen LogP contribution in [0.4, 0.5) is 0 Å². The molecular weight excluding hydrogens is 146 g/mol. The minimum atomic E-state index is 0.737. The average molecular weight is 165 g/mol. The molecule has 0 spiro atoms. The van der Waals surface area contributed by atoms with Gasteiger partial charge in [-0.3, -0.25) is 0 Å². The van der Waals surface area contributed by atoms with Gasteiger partial charge < -0.3 is 5.32 Å². The van der Waals surface area contributed by atoms with Gasteiger partial charge in [-0.2, -0.15) is 0 Å². The van der Waals surface area contributed by atoms with E-state index in [1.54, 1.807) is 0 Å². The molecule has 1 nitrogen and oxygen atoms in total. The van der Waals surface area contributed by atoms with Gasteiger partial charge in [0.05, 0.1) is 0 Å². The van der Waals surface area contributed by atoms with Crippen LogP contribution in [-0.4, -0.2) is 13.1 Å².